The smallest absolute Gasteiger partial charge is 0.123 e. The molecule has 0 aliphatic heterocycles. The van der Waals surface area contributed by atoms with Crippen molar-refractivity contribution in [3.8, 4) is 0 Å². The van der Waals surface area contributed by atoms with Crippen molar-refractivity contribution >= 4 is 15.9 Å². The molecular weight excluding hydrogens is 373 g/mol. The lowest BCUT2D eigenvalue weighted by Gasteiger charge is -2.11. The Morgan fingerprint density at radius 1 is 0.958 bits per heavy atom. The lowest BCUT2D eigenvalue weighted by molar-refractivity contribution is 0.280. The molecule has 0 atom stereocenters. The first-order chi connectivity index (χ1) is 11.5. The zero-order valence-corrected chi connectivity index (χ0v) is 15.8. The Kier molecular flexibility index (Phi) is 9.79. The summed E-state index contributed by atoms with van der Waals surface area (Å²) in [5.74, 6) is -0.271. The quantitative estimate of drug-likeness (QED) is 0.779. The summed E-state index contributed by atoms with van der Waals surface area (Å²) in [5, 5.41) is 17.7. The predicted octanol–water partition coefficient (Wildman–Crippen LogP) is 3.75. The first-order valence-corrected chi connectivity index (χ1v) is 8.63. The molecule has 24 heavy (non-hydrogen) atoms. The summed E-state index contributed by atoms with van der Waals surface area (Å²) in [6.07, 6.45) is 2.16. The molecule has 3 nitrogen and oxygen atoms in total. The number of benzene rings is 2. The molecule has 2 rings (SSSR count). The second kappa shape index (κ2) is 11.3. The van der Waals surface area contributed by atoms with Gasteiger partial charge in [0.25, 0.3) is 0 Å². The SMILES string of the molecule is CN(C)CCCc1ccc(Br)cc1CO.OCc1ccc(F)cc1. The molecule has 2 aromatic rings. The van der Waals surface area contributed by atoms with Gasteiger partial charge in [-0.25, -0.2) is 4.39 Å². The van der Waals surface area contributed by atoms with Gasteiger partial charge in [-0.2, -0.15) is 0 Å². The molecule has 0 aliphatic carbocycles. The van der Waals surface area contributed by atoms with Crippen LogP contribution in [-0.4, -0.2) is 35.8 Å². The molecule has 5 heteroatoms. The molecule has 132 valence electrons. The third-order valence-corrected chi connectivity index (χ3v) is 3.98. The molecule has 0 saturated carbocycles. The Balaban J connectivity index is 0.000000272. The van der Waals surface area contributed by atoms with Crippen molar-refractivity contribution in [2.24, 2.45) is 0 Å². The van der Waals surface area contributed by atoms with Crippen LogP contribution in [0.15, 0.2) is 46.9 Å². The van der Waals surface area contributed by atoms with E-state index in [-0.39, 0.29) is 19.0 Å². The third-order valence-electron chi connectivity index (χ3n) is 3.49. The van der Waals surface area contributed by atoms with Crippen LogP contribution in [0.2, 0.25) is 0 Å². The highest BCUT2D eigenvalue weighted by Crippen LogP contribution is 2.18. The van der Waals surface area contributed by atoms with Crippen LogP contribution < -0.4 is 0 Å². The zero-order valence-electron chi connectivity index (χ0n) is 14.2. The van der Waals surface area contributed by atoms with Crippen molar-refractivity contribution < 1.29 is 14.6 Å². The molecular formula is C19H25BrFNO2. The largest absolute Gasteiger partial charge is 0.392 e. The molecule has 0 bridgehead atoms. The van der Waals surface area contributed by atoms with E-state index in [1.54, 1.807) is 12.1 Å². The van der Waals surface area contributed by atoms with Crippen LogP contribution in [0.1, 0.15) is 23.1 Å². The Morgan fingerprint density at radius 3 is 2.17 bits per heavy atom. The molecule has 0 aliphatic rings. The Morgan fingerprint density at radius 2 is 1.62 bits per heavy atom. The second-order valence-electron chi connectivity index (χ2n) is 5.76. The van der Waals surface area contributed by atoms with Crippen LogP contribution in [0.5, 0.6) is 0 Å². The summed E-state index contributed by atoms with van der Waals surface area (Å²) in [7, 11) is 4.16. The van der Waals surface area contributed by atoms with E-state index in [2.05, 4.69) is 41.0 Å². The van der Waals surface area contributed by atoms with Gasteiger partial charge in [0, 0.05) is 4.47 Å². The van der Waals surface area contributed by atoms with Crippen molar-refractivity contribution in [1.29, 1.82) is 0 Å². The van der Waals surface area contributed by atoms with E-state index in [0.717, 1.165) is 35.0 Å². The highest BCUT2D eigenvalue weighted by Gasteiger charge is 2.02. The van der Waals surface area contributed by atoms with E-state index in [1.165, 1.54) is 17.7 Å². The minimum absolute atomic E-state index is 0.0275. The molecule has 0 radical (unpaired) electrons. The Bertz CT molecular complexity index is 603. The number of aryl methyl sites for hydroxylation is 1. The molecule has 0 amide bonds. The number of hydrogen-bond acceptors (Lipinski definition) is 3. The van der Waals surface area contributed by atoms with E-state index in [4.69, 9.17) is 5.11 Å². The highest BCUT2D eigenvalue weighted by molar-refractivity contribution is 9.10. The average Bonchev–Trinajstić information content (AvgIpc) is 2.57. The van der Waals surface area contributed by atoms with Gasteiger partial charge in [0.05, 0.1) is 13.2 Å². The maximum absolute atomic E-state index is 12.1. The zero-order chi connectivity index (χ0) is 17.9. The van der Waals surface area contributed by atoms with Gasteiger partial charge in [-0.15, -0.1) is 0 Å². The fraction of sp³-hybridized carbons (Fsp3) is 0.368. The summed E-state index contributed by atoms with van der Waals surface area (Å²) < 4.78 is 13.2. The average molecular weight is 398 g/mol. The van der Waals surface area contributed by atoms with Crippen LogP contribution in [-0.2, 0) is 19.6 Å². The standard InChI is InChI=1S/C12H18BrNO.C7H7FO/c1-14(2)7-3-4-10-5-6-12(13)8-11(10)9-15;8-7-3-1-6(5-9)2-4-7/h5-6,8,15H,3-4,7,9H2,1-2H3;1-4,9H,5H2. The molecule has 0 spiro atoms. The van der Waals surface area contributed by atoms with E-state index in [9.17, 15) is 9.50 Å². The third kappa shape index (κ3) is 8.02. The maximum Gasteiger partial charge on any atom is 0.123 e. The van der Waals surface area contributed by atoms with Crippen LogP contribution in [0.4, 0.5) is 4.39 Å². The minimum Gasteiger partial charge on any atom is -0.392 e. The van der Waals surface area contributed by atoms with Crippen molar-refractivity contribution in [3.63, 3.8) is 0 Å². The van der Waals surface area contributed by atoms with Crippen molar-refractivity contribution in [3.05, 3.63) is 69.4 Å². The van der Waals surface area contributed by atoms with Gasteiger partial charge < -0.3 is 15.1 Å². The van der Waals surface area contributed by atoms with Gasteiger partial charge in [-0.3, -0.25) is 0 Å². The fourth-order valence-electron chi connectivity index (χ4n) is 2.16. The number of hydrogen-bond donors (Lipinski definition) is 2. The van der Waals surface area contributed by atoms with E-state index in [1.807, 2.05) is 12.1 Å². The van der Waals surface area contributed by atoms with Gasteiger partial charge >= 0.3 is 0 Å². The lowest BCUT2D eigenvalue weighted by atomic mass is 10.0. The van der Waals surface area contributed by atoms with Gasteiger partial charge in [0.2, 0.25) is 0 Å². The van der Waals surface area contributed by atoms with Crippen LogP contribution in [0.3, 0.4) is 0 Å². The Hall–Kier alpha value is -1.27. The normalized spacial score (nSPS) is 10.5. The monoisotopic (exact) mass is 397 g/mol. The highest BCUT2D eigenvalue weighted by atomic mass is 79.9. The van der Waals surface area contributed by atoms with E-state index >= 15 is 0 Å². The first kappa shape index (κ1) is 20.8. The predicted molar refractivity (Wildman–Crippen MR) is 99.3 cm³/mol. The molecule has 0 heterocycles. The lowest BCUT2D eigenvalue weighted by Crippen LogP contribution is -2.13. The van der Waals surface area contributed by atoms with Crippen LogP contribution in [0, 0.1) is 5.82 Å². The molecule has 0 unspecified atom stereocenters. The summed E-state index contributed by atoms with van der Waals surface area (Å²) in [4.78, 5) is 2.18. The first-order valence-electron chi connectivity index (χ1n) is 7.84. The maximum atomic E-state index is 12.1. The number of nitrogens with zero attached hydrogens (tertiary/aromatic N) is 1. The van der Waals surface area contributed by atoms with Gasteiger partial charge in [-0.1, -0.05) is 34.1 Å². The number of rotatable bonds is 6. The van der Waals surface area contributed by atoms with Gasteiger partial charge in [0.15, 0.2) is 0 Å². The number of aliphatic hydroxyl groups is 2. The van der Waals surface area contributed by atoms with E-state index < -0.39 is 0 Å². The molecule has 2 N–H and O–H groups in total. The van der Waals surface area contributed by atoms with Crippen molar-refractivity contribution in [1.82, 2.24) is 4.90 Å². The van der Waals surface area contributed by atoms with Crippen LogP contribution >= 0.6 is 15.9 Å². The number of halogens is 2. The summed E-state index contributed by atoms with van der Waals surface area (Å²) in [6.45, 7) is 1.18. The van der Waals surface area contributed by atoms with Crippen molar-refractivity contribution in [2.45, 2.75) is 26.1 Å². The molecule has 0 saturated heterocycles. The van der Waals surface area contributed by atoms with Gasteiger partial charge in [-0.05, 0) is 74.4 Å². The summed E-state index contributed by atoms with van der Waals surface area (Å²) in [5.41, 5.74) is 3.02. The van der Waals surface area contributed by atoms with E-state index in [0.29, 0.717) is 0 Å². The molecule has 2 aromatic carbocycles. The fourth-order valence-corrected chi connectivity index (χ4v) is 2.57. The summed E-state index contributed by atoms with van der Waals surface area (Å²) >= 11 is 3.41. The molecule has 0 aromatic heterocycles. The minimum atomic E-state index is -0.271. The Labute approximate surface area is 151 Å². The van der Waals surface area contributed by atoms with Gasteiger partial charge in [0.1, 0.15) is 5.82 Å². The second-order valence-corrected chi connectivity index (χ2v) is 6.68. The summed E-state index contributed by atoms with van der Waals surface area (Å²) in [6, 6.07) is 11.9. The molecule has 0 fully saturated rings. The van der Waals surface area contributed by atoms with Crippen LogP contribution in [0.25, 0.3) is 0 Å². The van der Waals surface area contributed by atoms with Crippen molar-refractivity contribution in [2.75, 3.05) is 20.6 Å². The topological polar surface area (TPSA) is 43.7 Å². The number of aliphatic hydroxyl groups excluding tert-OH is 2.